The van der Waals surface area contributed by atoms with Crippen LogP contribution >= 0.6 is 0 Å². The molecule has 0 aromatic heterocycles. The van der Waals surface area contributed by atoms with Crippen molar-refractivity contribution in [1.82, 2.24) is 4.90 Å². The Morgan fingerprint density at radius 1 is 1.24 bits per heavy atom. The Morgan fingerprint density at radius 3 is 2.53 bits per heavy atom. The molecule has 5 heteroatoms. The summed E-state index contributed by atoms with van der Waals surface area (Å²) in [6, 6.07) is 0.658. The summed E-state index contributed by atoms with van der Waals surface area (Å²) < 4.78 is 0. The maximum absolute atomic E-state index is 9.07. The molecule has 0 aromatic carbocycles. The minimum Gasteiger partial charge on any atom is -0.409 e. The number of nitrogens with two attached hydrogens (primary N) is 1. The van der Waals surface area contributed by atoms with Gasteiger partial charge in [-0.05, 0) is 32.2 Å². The molecule has 0 radical (unpaired) electrons. The molecule has 0 aromatic rings. The Balaban J connectivity index is 2.19. The van der Waals surface area contributed by atoms with Gasteiger partial charge in [0.2, 0.25) is 0 Å². The van der Waals surface area contributed by atoms with Crippen LogP contribution in [0.3, 0.4) is 0 Å². The lowest BCUT2D eigenvalue weighted by Crippen LogP contribution is -2.36. The van der Waals surface area contributed by atoms with Gasteiger partial charge in [-0.15, -0.1) is 0 Å². The molecule has 1 rings (SSSR count). The van der Waals surface area contributed by atoms with E-state index in [9.17, 15) is 0 Å². The van der Waals surface area contributed by atoms with Gasteiger partial charge in [-0.25, -0.2) is 0 Å². The highest BCUT2D eigenvalue weighted by molar-refractivity contribution is 5.79. The third-order valence-corrected chi connectivity index (χ3v) is 3.48. The van der Waals surface area contributed by atoms with Crippen molar-refractivity contribution in [2.45, 2.75) is 51.0 Å². The quantitative estimate of drug-likeness (QED) is 0.196. The van der Waals surface area contributed by atoms with Gasteiger partial charge >= 0.3 is 0 Å². The Kier molecular flexibility index (Phi) is 6.96. The molecule has 1 aliphatic rings. The topological polar surface area (TPSA) is 82.1 Å². The van der Waals surface area contributed by atoms with Crippen LogP contribution in [-0.4, -0.2) is 46.8 Å². The van der Waals surface area contributed by atoms with E-state index in [1.807, 2.05) is 0 Å². The van der Waals surface area contributed by atoms with Gasteiger partial charge in [-0.3, -0.25) is 4.90 Å². The molecule has 0 spiro atoms. The predicted octanol–water partition coefficient (Wildman–Crippen LogP) is 1.14. The molecule has 0 unspecified atom stereocenters. The second-order valence-electron chi connectivity index (χ2n) is 4.75. The number of hydrogen-bond acceptors (Lipinski definition) is 4. The lowest BCUT2D eigenvalue weighted by atomic mass is 10.1. The second-order valence-corrected chi connectivity index (χ2v) is 4.75. The fourth-order valence-corrected chi connectivity index (χ4v) is 2.55. The molecule has 4 N–H and O–H groups in total. The van der Waals surface area contributed by atoms with E-state index in [-0.39, 0.29) is 6.61 Å². The Bertz CT molecular complexity index is 228. The predicted molar refractivity (Wildman–Crippen MR) is 68.2 cm³/mol. The maximum atomic E-state index is 9.07. The smallest absolute Gasteiger partial charge is 0.139 e. The summed E-state index contributed by atoms with van der Waals surface area (Å²) in [6.07, 6.45) is 7.78. The highest BCUT2D eigenvalue weighted by Crippen LogP contribution is 2.23. The van der Waals surface area contributed by atoms with Crippen molar-refractivity contribution in [3.05, 3.63) is 0 Å². The van der Waals surface area contributed by atoms with Crippen LogP contribution in [0, 0.1) is 0 Å². The molecule has 100 valence electrons. The molecule has 0 atom stereocenters. The maximum Gasteiger partial charge on any atom is 0.139 e. The average Bonchev–Trinajstić information content (AvgIpc) is 2.86. The summed E-state index contributed by atoms with van der Waals surface area (Å²) >= 11 is 0. The normalized spacial score (nSPS) is 18.1. The number of nitrogens with zero attached hydrogens (tertiary/aromatic N) is 2. The van der Waals surface area contributed by atoms with E-state index in [4.69, 9.17) is 16.0 Å². The molecule has 0 aliphatic heterocycles. The van der Waals surface area contributed by atoms with Crippen molar-refractivity contribution in [2.24, 2.45) is 10.9 Å². The van der Waals surface area contributed by atoms with Crippen molar-refractivity contribution >= 4 is 5.84 Å². The zero-order chi connectivity index (χ0) is 12.5. The first-order valence-electron chi connectivity index (χ1n) is 6.59. The Labute approximate surface area is 103 Å². The van der Waals surface area contributed by atoms with Crippen molar-refractivity contribution < 1.29 is 10.3 Å². The number of aliphatic hydroxyl groups excluding tert-OH is 1. The van der Waals surface area contributed by atoms with Crippen molar-refractivity contribution in [1.29, 1.82) is 0 Å². The van der Waals surface area contributed by atoms with Gasteiger partial charge in [0.05, 0.1) is 6.61 Å². The molecule has 0 heterocycles. The molecule has 1 fully saturated rings. The van der Waals surface area contributed by atoms with Gasteiger partial charge in [0.1, 0.15) is 5.84 Å². The number of hydrogen-bond donors (Lipinski definition) is 3. The minimum absolute atomic E-state index is 0.233. The van der Waals surface area contributed by atoms with Gasteiger partial charge in [0.15, 0.2) is 0 Å². The van der Waals surface area contributed by atoms with Gasteiger partial charge < -0.3 is 16.0 Å². The number of rotatable bonds is 8. The third-order valence-electron chi connectivity index (χ3n) is 3.48. The molecule has 0 saturated heterocycles. The molecule has 1 aliphatic carbocycles. The van der Waals surface area contributed by atoms with Crippen LogP contribution in [0.25, 0.3) is 0 Å². The molecule has 5 nitrogen and oxygen atoms in total. The average molecular weight is 243 g/mol. The number of unbranched alkanes of at least 4 members (excludes halogenated alkanes) is 1. The van der Waals surface area contributed by atoms with Crippen LogP contribution in [0.4, 0.5) is 0 Å². The second kappa shape index (κ2) is 8.31. The molecule has 17 heavy (non-hydrogen) atoms. The molecule has 1 saturated carbocycles. The van der Waals surface area contributed by atoms with E-state index in [2.05, 4.69) is 10.1 Å². The van der Waals surface area contributed by atoms with Crippen molar-refractivity contribution in [3.8, 4) is 0 Å². The van der Waals surface area contributed by atoms with Crippen molar-refractivity contribution in [3.63, 3.8) is 0 Å². The first-order valence-corrected chi connectivity index (χ1v) is 6.59. The van der Waals surface area contributed by atoms with E-state index >= 15 is 0 Å². The summed E-state index contributed by atoms with van der Waals surface area (Å²) in [6.45, 7) is 2.01. The van der Waals surface area contributed by atoms with Crippen LogP contribution in [0.1, 0.15) is 44.9 Å². The number of oxime groups is 1. The fraction of sp³-hybridized carbons (Fsp3) is 0.917. The van der Waals surface area contributed by atoms with Gasteiger partial charge in [0, 0.05) is 19.0 Å². The molecule has 0 bridgehead atoms. The highest BCUT2D eigenvalue weighted by Gasteiger charge is 2.21. The number of amidine groups is 1. The Hall–Kier alpha value is -0.810. The largest absolute Gasteiger partial charge is 0.409 e. The molecular weight excluding hydrogens is 218 g/mol. The lowest BCUT2D eigenvalue weighted by Gasteiger charge is -2.27. The summed E-state index contributed by atoms with van der Waals surface area (Å²) in [5, 5.41) is 20.4. The van der Waals surface area contributed by atoms with E-state index in [1.165, 1.54) is 25.7 Å². The summed E-state index contributed by atoms with van der Waals surface area (Å²) in [7, 11) is 0. The van der Waals surface area contributed by atoms with Gasteiger partial charge in [0.25, 0.3) is 0 Å². The summed E-state index contributed by atoms with van der Waals surface area (Å²) in [4.78, 5) is 2.39. The van der Waals surface area contributed by atoms with E-state index < -0.39 is 0 Å². The third kappa shape index (κ3) is 5.37. The SMILES string of the molecule is NC(CCCCN(CCO)C1CCCC1)=NO. The van der Waals surface area contributed by atoms with Crippen molar-refractivity contribution in [2.75, 3.05) is 19.7 Å². The van der Waals surface area contributed by atoms with E-state index in [0.717, 1.165) is 25.9 Å². The van der Waals surface area contributed by atoms with Gasteiger partial charge in [-0.1, -0.05) is 18.0 Å². The lowest BCUT2D eigenvalue weighted by molar-refractivity contribution is 0.149. The van der Waals surface area contributed by atoms with Crippen LogP contribution in [-0.2, 0) is 0 Å². The van der Waals surface area contributed by atoms with Gasteiger partial charge in [-0.2, -0.15) is 0 Å². The first kappa shape index (κ1) is 14.3. The summed E-state index contributed by atoms with van der Waals surface area (Å²) in [5.74, 6) is 0.305. The minimum atomic E-state index is 0.233. The zero-order valence-corrected chi connectivity index (χ0v) is 10.5. The monoisotopic (exact) mass is 243 g/mol. The molecular formula is C12H25N3O2. The van der Waals surface area contributed by atoms with Crippen LogP contribution in [0.5, 0.6) is 0 Å². The fourth-order valence-electron chi connectivity index (χ4n) is 2.55. The zero-order valence-electron chi connectivity index (χ0n) is 10.5. The van der Waals surface area contributed by atoms with E-state index in [1.54, 1.807) is 0 Å². The van der Waals surface area contributed by atoms with E-state index in [0.29, 0.717) is 18.3 Å². The first-order chi connectivity index (χ1) is 8.27. The summed E-state index contributed by atoms with van der Waals surface area (Å²) in [5.41, 5.74) is 5.42. The van der Waals surface area contributed by atoms with Crippen LogP contribution in [0.15, 0.2) is 5.16 Å². The number of aliphatic hydroxyl groups is 1. The molecule has 0 amide bonds. The Morgan fingerprint density at radius 2 is 1.94 bits per heavy atom. The van der Waals surface area contributed by atoms with Crippen LogP contribution < -0.4 is 5.73 Å². The standard InChI is InChI=1S/C12H25N3O2/c13-12(14-17)7-3-4-8-15(9-10-16)11-5-1-2-6-11/h11,16-17H,1-10H2,(H2,13,14). The highest BCUT2D eigenvalue weighted by atomic mass is 16.4. The van der Waals surface area contributed by atoms with Crippen LogP contribution in [0.2, 0.25) is 0 Å².